The van der Waals surface area contributed by atoms with E-state index >= 15 is 0 Å². The molecule has 0 saturated heterocycles. The van der Waals surface area contributed by atoms with Gasteiger partial charge in [-0.15, -0.1) is 0 Å². The van der Waals surface area contributed by atoms with Crippen molar-refractivity contribution in [2.75, 3.05) is 5.32 Å². The molecule has 0 fully saturated rings. The van der Waals surface area contributed by atoms with Gasteiger partial charge in [-0.05, 0) is 32.0 Å². The molecule has 0 aliphatic heterocycles. The van der Waals surface area contributed by atoms with Crippen molar-refractivity contribution < 1.29 is 5.11 Å². The molecule has 0 radical (unpaired) electrons. The van der Waals surface area contributed by atoms with E-state index in [-0.39, 0.29) is 5.75 Å². The van der Waals surface area contributed by atoms with E-state index in [1.54, 1.807) is 18.2 Å². The fourth-order valence-corrected chi connectivity index (χ4v) is 1.75. The minimum atomic E-state index is 0.0924. The maximum atomic E-state index is 9.32. The summed E-state index contributed by atoms with van der Waals surface area (Å²) in [6.45, 7) is 4.85. The van der Waals surface area contributed by atoms with Crippen LogP contribution in [0.4, 0.5) is 5.69 Å². The average Bonchev–Trinajstić information content (AvgIpc) is 2.79. The van der Waals surface area contributed by atoms with Crippen LogP contribution in [0.3, 0.4) is 0 Å². The predicted octanol–water partition coefficient (Wildman–Crippen LogP) is 3.44. The van der Waals surface area contributed by atoms with Crippen molar-refractivity contribution in [1.29, 1.82) is 0 Å². The number of rotatable bonds is 4. The summed E-state index contributed by atoms with van der Waals surface area (Å²) in [5.74, 6) is 0.0924. The van der Waals surface area contributed by atoms with Crippen LogP contribution in [-0.2, 0) is 6.54 Å². The Labute approximate surface area is 111 Å². The SMILES string of the molecule is CC(C)n1cc(CNc2ccc(O)c(Cl)c2)cn1. The molecule has 4 nitrogen and oxygen atoms in total. The molecule has 0 aliphatic rings. The van der Waals surface area contributed by atoms with Crippen LogP contribution >= 0.6 is 11.6 Å². The second-order valence-electron chi connectivity index (χ2n) is 4.44. The highest BCUT2D eigenvalue weighted by Crippen LogP contribution is 2.26. The predicted molar refractivity (Wildman–Crippen MR) is 73.1 cm³/mol. The molecule has 5 heteroatoms. The number of hydrogen-bond acceptors (Lipinski definition) is 3. The fraction of sp³-hybridized carbons (Fsp3) is 0.308. The number of phenolic OH excluding ortho intramolecular Hbond substituents is 1. The molecule has 0 aliphatic carbocycles. The van der Waals surface area contributed by atoms with E-state index in [0.29, 0.717) is 17.6 Å². The second kappa shape index (κ2) is 5.31. The molecular formula is C13H16ClN3O. The van der Waals surface area contributed by atoms with Crippen LogP contribution in [0.1, 0.15) is 25.5 Å². The van der Waals surface area contributed by atoms with Gasteiger partial charge in [0.15, 0.2) is 0 Å². The number of halogens is 1. The third-order valence-electron chi connectivity index (χ3n) is 2.63. The molecule has 0 spiro atoms. The van der Waals surface area contributed by atoms with Crippen molar-refractivity contribution in [3.8, 4) is 5.75 Å². The van der Waals surface area contributed by atoms with E-state index in [9.17, 15) is 5.11 Å². The van der Waals surface area contributed by atoms with Gasteiger partial charge in [0.2, 0.25) is 0 Å². The molecule has 0 amide bonds. The molecule has 0 saturated carbocycles. The first-order valence-corrected chi connectivity index (χ1v) is 6.19. The van der Waals surface area contributed by atoms with Gasteiger partial charge < -0.3 is 10.4 Å². The number of nitrogens with zero attached hydrogens (tertiary/aromatic N) is 2. The summed E-state index contributed by atoms with van der Waals surface area (Å²) >= 11 is 5.83. The van der Waals surface area contributed by atoms with Crippen LogP contribution in [-0.4, -0.2) is 14.9 Å². The topological polar surface area (TPSA) is 50.1 Å². The fourth-order valence-electron chi connectivity index (χ4n) is 1.57. The Hall–Kier alpha value is -1.68. The van der Waals surface area contributed by atoms with E-state index in [1.807, 2.05) is 17.1 Å². The van der Waals surface area contributed by atoms with Crippen molar-refractivity contribution >= 4 is 17.3 Å². The Kier molecular flexibility index (Phi) is 3.77. The first-order valence-electron chi connectivity index (χ1n) is 5.81. The molecule has 1 aromatic heterocycles. The van der Waals surface area contributed by atoms with Gasteiger partial charge in [-0.25, -0.2) is 0 Å². The van der Waals surface area contributed by atoms with Gasteiger partial charge in [-0.3, -0.25) is 4.68 Å². The molecule has 1 aromatic carbocycles. The quantitative estimate of drug-likeness (QED) is 0.833. The van der Waals surface area contributed by atoms with Crippen molar-refractivity contribution in [2.24, 2.45) is 0 Å². The van der Waals surface area contributed by atoms with Crippen molar-refractivity contribution in [1.82, 2.24) is 9.78 Å². The molecule has 2 N–H and O–H groups in total. The highest BCUT2D eigenvalue weighted by Gasteiger charge is 2.03. The third kappa shape index (κ3) is 2.96. The number of hydrogen-bond donors (Lipinski definition) is 2. The number of anilines is 1. The molecular weight excluding hydrogens is 250 g/mol. The van der Waals surface area contributed by atoms with Crippen LogP contribution < -0.4 is 5.32 Å². The van der Waals surface area contributed by atoms with E-state index in [1.165, 1.54) is 0 Å². The molecule has 0 unspecified atom stereocenters. The molecule has 0 atom stereocenters. The van der Waals surface area contributed by atoms with Gasteiger partial charge >= 0.3 is 0 Å². The van der Waals surface area contributed by atoms with Crippen LogP contribution in [0, 0.1) is 0 Å². The van der Waals surface area contributed by atoms with E-state index in [0.717, 1.165) is 11.3 Å². The number of benzene rings is 1. The number of phenols is 1. The van der Waals surface area contributed by atoms with E-state index in [4.69, 9.17) is 11.6 Å². The normalized spacial score (nSPS) is 10.9. The van der Waals surface area contributed by atoms with Crippen molar-refractivity contribution in [3.63, 3.8) is 0 Å². The summed E-state index contributed by atoms with van der Waals surface area (Å²) in [7, 11) is 0. The third-order valence-corrected chi connectivity index (χ3v) is 2.93. The number of aromatic hydroxyl groups is 1. The van der Waals surface area contributed by atoms with Gasteiger partial charge in [0, 0.05) is 30.0 Å². The smallest absolute Gasteiger partial charge is 0.134 e. The zero-order valence-corrected chi connectivity index (χ0v) is 11.1. The second-order valence-corrected chi connectivity index (χ2v) is 4.85. The van der Waals surface area contributed by atoms with Gasteiger partial charge in [-0.1, -0.05) is 11.6 Å². The summed E-state index contributed by atoms with van der Waals surface area (Å²) in [4.78, 5) is 0. The van der Waals surface area contributed by atoms with Crippen LogP contribution in [0.15, 0.2) is 30.6 Å². The molecule has 96 valence electrons. The lowest BCUT2D eigenvalue weighted by Gasteiger charge is -2.06. The zero-order chi connectivity index (χ0) is 13.1. The Morgan fingerprint density at radius 1 is 1.44 bits per heavy atom. The van der Waals surface area contributed by atoms with Crippen molar-refractivity contribution in [2.45, 2.75) is 26.4 Å². The summed E-state index contributed by atoms with van der Waals surface area (Å²) in [6.07, 6.45) is 3.86. The summed E-state index contributed by atoms with van der Waals surface area (Å²) in [6, 6.07) is 5.42. The van der Waals surface area contributed by atoms with E-state index in [2.05, 4.69) is 24.3 Å². The molecule has 2 rings (SSSR count). The Morgan fingerprint density at radius 3 is 2.83 bits per heavy atom. The van der Waals surface area contributed by atoms with Crippen LogP contribution in [0.5, 0.6) is 5.75 Å². The summed E-state index contributed by atoms with van der Waals surface area (Å²) in [5.41, 5.74) is 1.97. The minimum Gasteiger partial charge on any atom is -0.506 e. The lowest BCUT2D eigenvalue weighted by molar-refractivity contribution is 0.475. The van der Waals surface area contributed by atoms with Gasteiger partial charge in [0.25, 0.3) is 0 Å². The first-order chi connectivity index (χ1) is 8.56. The molecule has 18 heavy (non-hydrogen) atoms. The van der Waals surface area contributed by atoms with E-state index < -0.39 is 0 Å². The Morgan fingerprint density at radius 2 is 2.22 bits per heavy atom. The molecule has 2 aromatic rings. The van der Waals surface area contributed by atoms with Crippen LogP contribution in [0.25, 0.3) is 0 Å². The number of nitrogens with one attached hydrogen (secondary N) is 1. The molecule has 0 bridgehead atoms. The number of aromatic nitrogens is 2. The molecule has 1 heterocycles. The standard InChI is InChI=1S/C13H16ClN3O/c1-9(2)17-8-10(7-16-17)6-15-11-3-4-13(18)12(14)5-11/h3-5,7-9,15,18H,6H2,1-2H3. The first kappa shape index (κ1) is 12.8. The minimum absolute atomic E-state index is 0.0924. The zero-order valence-electron chi connectivity index (χ0n) is 10.4. The largest absolute Gasteiger partial charge is 0.506 e. The van der Waals surface area contributed by atoms with Crippen molar-refractivity contribution in [3.05, 3.63) is 41.2 Å². The van der Waals surface area contributed by atoms with Gasteiger partial charge in [0.1, 0.15) is 5.75 Å². The van der Waals surface area contributed by atoms with Crippen LogP contribution in [0.2, 0.25) is 5.02 Å². The highest BCUT2D eigenvalue weighted by molar-refractivity contribution is 6.32. The van der Waals surface area contributed by atoms with Gasteiger partial charge in [0.05, 0.1) is 11.2 Å². The Balaban J connectivity index is 2.00. The summed E-state index contributed by atoms with van der Waals surface area (Å²) < 4.78 is 1.92. The van der Waals surface area contributed by atoms with Gasteiger partial charge in [-0.2, -0.15) is 5.10 Å². The monoisotopic (exact) mass is 265 g/mol. The average molecular weight is 266 g/mol. The lowest BCUT2D eigenvalue weighted by atomic mass is 10.3. The lowest BCUT2D eigenvalue weighted by Crippen LogP contribution is -2.01. The highest BCUT2D eigenvalue weighted by atomic mass is 35.5. The maximum Gasteiger partial charge on any atom is 0.134 e. The summed E-state index contributed by atoms with van der Waals surface area (Å²) in [5, 5.41) is 17.2. The maximum absolute atomic E-state index is 9.32. The Bertz CT molecular complexity index is 537.